The fourth-order valence-electron chi connectivity index (χ4n) is 3.67. The summed E-state index contributed by atoms with van der Waals surface area (Å²) in [7, 11) is 0. The van der Waals surface area contributed by atoms with Crippen LogP contribution in [0, 0.1) is 13.8 Å². The largest absolute Gasteiger partial charge is 0.372 e. The molecule has 1 aliphatic rings. The molecule has 1 fully saturated rings. The Morgan fingerprint density at radius 3 is 2.55 bits per heavy atom. The van der Waals surface area contributed by atoms with Crippen LogP contribution in [-0.2, 0) is 11.3 Å². The van der Waals surface area contributed by atoms with E-state index in [2.05, 4.69) is 20.1 Å². The number of hydrogen-bond acceptors (Lipinski definition) is 7. The average molecular weight is 395 g/mol. The van der Waals surface area contributed by atoms with Crippen LogP contribution in [0.5, 0.6) is 0 Å². The molecule has 8 nitrogen and oxygen atoms in total. The number of hydrogen-bond donors (Lipinski definition) is 0. The maximum absolute atomic E-state index is 12.8. The third-order valence-electron chi connectivity index (χ3n) is 5.12. The summed E-state index contributed by atoms with van der Waals surface area (Å²) < 4.78 is 12.6. The molecule has 0 bridgehead atoms. The van der Waals surface area contributed by atoms with Gasteiger partial charge in [-0.1, -0.05) is 5.16 Å². The minimum Gasteiger partial charge on any atom is -0.372 e. The van der Waals surface area contributed by atoms with Crippen molar-refractivity contribution in [2.75, 3.05) is 18.0 Å². The van der Waals surface area contributed by atoms with Gasteiger partial charge in [0.2, 0.25) is 0 Å². The lowest BCUT2D eigenvalue weighted by Crippen LogP contribution is -2.46. The van der Waals surface area contributed by atoms with E-state index in [1.165, 1.54) is 4.68 Å². The van der Waals surface area contributed by atoms with Crippen molar-refractivity contribution >= 4 is 5.69 Å². The first-order chi connectivity index (χ1) is 13.9. The van der Waals surface area contributed by atoms with Gasteiger partial charge in [-0.3, -0.25) is 9.78 Å². The highest BCUT2D eigenvalue weighted by Gasteiger charge is 2.23. The molecule has 29 heavy (non-hydrogen) atoms. The Bertz CT molecular complexity index is 1050. The van der Waals surface area contributed by atoms with E-state index >= 15 is 0 Å². The Hall–Kier alpha value is -3.00. The van der Waals surface area contributed by atoms with Gasteiger partial charge in [0.1, 0.15) is 11.5 Å². The van der Waals surface area contributed by atoms with Crippen LogP contribution in [0.25, 0.3) is 11.3 Å². The highest BCUT2D eigenvalue weighted by molar-refractivity contribution is 5.62. The van der Waals surface area contributed by atoms with Gasteiger partial charge in [-0.15, -0.1) is 0 Å². The molecule has 1 aliphatic heterocycles. The summed E-state index contributed by atoms with van der Waals surface area (Å²) in [4.78, 5) is 19.2. The summed E-state index contributed by atoms with van der Waals surface area (Å²) in [5.41, 5.74) is 3.94. The lowest BCUT2D eigenvalue weighted by Gasteiger charge is -2.36. The highest BCUT2D eigenvalue weighted by atomic mass is 16.5. The maximum atomic E-state index is 12.8. The molecule has 0 spiro atoms. The zero-order valence-corrected chi connectivity index (χ0v) is 17.1. The Kier molecular flexibility index (Phi) is 5.19. The van der Waals surface area contributed by atoms with E-state index in [0.717, 1.165) is 35.6 Å². The smallest absolute Gasteiger partial charge is 0.269 e. The van der Waals surface area contributed by atoms with Gasteiger partial charge in [-0.25, -0.2) is 4.68 Å². The molecule has 0 aromatic carbocycles. The van der Waals surface area contributed by atoms with Gasteiger partial charge in [0.25, 0.3) is 5.56 Å². The van der Waals surface area contributed by atoms with Crippen LogP contribution in [0.4, 0.5) is 5.69 Å². The fourth-order valence-corrected chi connectivity index (χ4v) is 3.67. The summed E-state index contributed by atoms with van der Waals surface area (Å²) in [6, 6.07) is 5.50. The molecule has 3 aromatic rings. The monoisotopic (exact) mass is 395 g/mol. The van der Waals surface area contributed by atoms with Crippen LogP contribution in [0.2, 0.25) is 0 Å². The van der Waals surface area contributed by atoms with Gasteiger partial charge < -0.3 is 14.2 Å². The number of aromatic nitrogens is 4. The van der Waals surface area contributed by atoms with E-state index in [1.807, 2.05) is 39.8 Å². The third-order valence-corrected chi connectivity index (χ3v) is 5.12. The molecule has 1 saturated heterocycles. The summed E-state index contributed by atoms with van der Waals surface area (Å²) in [5, 5.41) is 8.57. The van der Waals surface area contributed by atoms with Crippen molar-refractivity contribution in [3.8, 4) is 11.3 Å². The van der Waals surface area contributed by atoms with Crippen LogP contribution in [0.3, 0.4) is 0 Å². The second-order valence-electron chi connectivity index (χ2n) is 7.63. The molecular formula is C21H25N5O3. The molecular weight excluding hydrogens is 370 g/mol. The van der Waals surface area contributed by atoms with E-state index < -0.39 is 0 Å². The van der Waals surface area contributed by atoms with Gasteiger partial charge in [0.15, 0.2) is 0 Å². The van der Waals surface area contributed by atoms with Gasteiger partial charge >= 0.3 is 0 Å². The lowest BCUT2D eigenvalue weighted by atomic mass is 10.1. The van der Waals surface area contributed by atoms with Gasteiger partial charge in [-0.05, 0) is 39.8 Å². The fraction of sp³-hybridized carbons (Fsp3) is 0.429. The summed E-state index contributed by atoms with van der Waals surface area (Å²) in [5.74, 6) is 0.661. The molecule has 4 heterocycles. The van der Waals surface area contributed by atoms with Crippen LogP contribution in [-0.4, -0.2) is 45.2 Å². The molecule has 0 amide bonds. The second kappa shape index (κ2) is 7.79. The average Bonchev–Trinajstić information content (AvgIpc) is 3.04. The van der Waals surface area contributed by atoms with Crippen molar-refractivity contribution in [1.29, 1.82) is 0 Å². The third kappa shape index (κ3) is 4.07. The normalized spacial score (nSPS) is 19.5. The number of anilines is 1. The Morgan fingerprint density at radius 2 is 1.90 bits per heavy atom. The van der Waals surface area contributed by atoms with Crippen molar-refractivity contribution in [2.24, 2.45) is 0 Å². The van der Waals surface area contributed by atoms with Crippen molar-refractivity contribution in [3.63, 3.8) is 0 Å². The summed E-state index contributed by atoms with van der Waals surface area (Å²) in [6.45, 7) is 9.60. The lowest BCUT2D eigenvalue weighted by molar-refractivity contribution is -0.00525. The zero-order valence-electron chi connectivity index (χ0n) is 17.1. The predicted octanol–water partition coefficient (Wildman–Crippen LogP) is 2.57. The molecule has 0 N–H and O–H groups in total. The topological polar surface area (TPSA) is 86.3 Å². The zero-order chi connectivity index (χ0) is 20.5. The molecule has 0 aliphatic carbocycles. The van der Waals surface area contributed by atoms with Crippen molar-refractivity contribution in [1.82, 2.24) is 19.9 Å². The first kappa shape index (κ1) is 19.3. The Labute approximate surface area is 169 Å². The van der Waals surface area contributed by atoms with E-state index in [1.54, 1.807) is 18.5 Å². The van der Waals surface area contributed by atoms with Crippen LogP contribution >= 0.6 is 0 Å². The molecule has 8 heteroatoms. The standard InChI is InChI=1S/C21H25N5O3/c1-13-5-6-17(8-22-13)21-19(16(4)29-24-21)12-26-20(27)7-18(9-23-26)25-10-14(2)28-15(3)11-25/h5-9,14-15H,10-12H2,1-4H3/t14-,15+. The first-order valence-corrected chi connectivity index (χ1v) is 9.76. The number of ether oxygens (including phenoxy) is 1. The number of pyridine rings is 1. The van der Waals surface area contributed by atoms with Crippen LogP contribution < -0.4 is 10.5 Å². The quantitative estimate of drug-likeness (QED) is 0.671. The van der Waals surface area contributed by atoms with E-state index in [4.69, 9.17) is 9.26 Å². The number of nitrogens with zero attached hydrogens (tertiary/aromatic N) is 5. The van der Waals surface area contributed by atoms with Crippen molar-refractivity contribution < 1.29 is 9.26 Å². The first-order valence-electron chi connectivity index (χ1n) is 9.76. The molecule has 0 unspecified atom stereocenters. The summed E-state index contributed by atoms with van der Waals surface area (Å²) >= 11 is 0. The summed E-state index contributed by atoms with van der Waals surface area (Å²) in [6.07, 6.45) is 3.73. The van der Waals surface area contributed by atoms with Gasteiger partial charge in [0, 0.05) is 42.2 Å². The SMILES string of the molecule is Cc1ccc(-c2noc(C)c2Cn2ncc(N3C[C@@H](C)O[C@@H](C)C3)cc2=O)cn1. The Balaban J connectivity index is 1.60. The van der Waals surface area contributed by atoms with E-state index in [9.17, 15) is 4.79 Å². The second-order valence-corrected chi connectivity index (χ2v) is 7.63. The minimum atomic E-state index is -0.164. The number of aryl methyl sites for hydroxylation is 2. The highest BCUT2D eigenvalue weighted by Crippen LogP contribution is 2.25. The number of rotatable bonds is 4. The molecule has 0 radical (unpaired) electrons. The van der Waals surface area contributed by atoms with Gasteiger partial charge in [0.05, 0.1) is 30.6 Å². The van der Waals surface area contributed by atoms with Gasteiger partial charge in [-0.2, -0.15) is 5.10 Å². The maximum Gasteiger partial charge on any atom is 0.269 e. The molecule has 0 saturated carbocycles. The molecule has 4 rings (SSSR count). The number of morpholine rings is 1. The molecule has 3 aromatic heterocycles. The van der Waals surface area contributed by atoms with E-state index in [-0.39, 0.29) is 24.3 Å². The van der Waals surface area contributed by atoms with E-state index in [0.29, 0.717) is 11.5 Å². The molecule has 2 atom stereocenters. The molecule has 152 valence electrons. The van der Waals surface area contributed by atoms with Crippen molar-refractivity contribution in [2.45, 2.75) is 46.4 Å². The van der Waals surface area contributed by atoms with Crippen LogP contribution in [0.15, 0.2) is 39.9 Å². The van der Waals surface area contributed by atoms with Crippen LogP contribution in [0.1, 0.15) is 30.9 Å². The Morgan fingerprint density at radius 1 is 1.14 bits per heavy atom. The van der Waals surface area contributed by atoms with Crippen molar-refractivity contribution in [3.05, 3.63) is 58.0 Å². The predicted molar refractivity (Wildman–Crippen MR) is 109 cm³/mol. The minimum absolute atomic E-state index is 0.117.